The maximum absolute atomic E-state index is 13.6. The number of amides is 9. The number of aryl methyl sites for hydroxylation is 1. The molecule has 8 aromatic heterocycles. The molecule has 4 aliphatic heterocycles. The van der Waals surface area contributed by atoms with E-state index >= 15 is 0 Å². The zero-order valence-electron chi connectivity index (χ0n) is 67.1. The third-order valence-corrected chi connectivity index (χ3v) is 20.8. The van der Waals surface area contributed by atoms with Crippen molar-refractivity contribution in [2.24, 2.45) is 23.7 Å². The van der Waals surface area contributed by atoms with E-state index in [1.54, 1.807) is 68.4 Å². The molecule has 11 aromatic rings. The highest BCUT2D eigenvalue weighted by Gasteiger charge is 2.36. The number of carbonyl (C=O) groups is 9. The van der Waals surface area contributed by atoms with E-state index in [4.69, 9.17) is 21.3 Å². The van der Waals surface area contributed by atoms with Crippen LogP contribution in [0, 0.1) is 42.2 Å². The Morgan fingerprint density at radius 3 is 1.19 bits per heavy atom. The smallest absolute Gasteiger partial charge is 0.416 e. The lowest BCUT2D eigenvalue weighted by Crippen LogP contribution is -2.39. The topological polar surface area (TPSA) is 407 Å². The van der Waals surface area contributed by atoms with Crippen LogP contribution in [0.5, 0.6) is 0 Å². The number of halogens is 6. The van der Waals surface area contributed by atoms with Gasteiger partial charge in [0.2, 0.25) is 23.6 Å². The second-order valence-electron chi connectivity index (χ2n) is 32.2. The minimum absolute atomic E-state index is 0.00465. The van der Waals surface area contributed by atoms with E-state index in [0.29, 0.717) is 132 Å². The van der Waals surface area contributed by atoms with E-state index in [9.17, 15) is 65.1 Å². The molecular weight excluding hydrogens is 1630 g/mol. The lowest BCUT2D eigenvalue weighted by atomic mass is 10.1. The average Bonchev–Trinajstić information content (AvgIpc) is 1.66. The van der Waals surface area contributed by atoms with Crippen molar-refractivity contribution in [3.8, 4) is 0 Å². The highest BCUT2D eigenvalue weighted by Crippen LogP contribution is 2.38. The molecule has 0 radical (unpaired) electrons. The van der Waals surface area contributed by atoms with Crippen molar-refractivity contribution in [3.05, 3.63) is 188 Å². The third kappa shape index (κ3) is 20.6. The normalized spacial score (nSPS) is 17.7. The number of rotatable bonds is 22. The fourth-order valence-electron chi connectivity index (χ4n) is 13.7. The van der Waals surface area contributed by atoms with Crippen LogP contribution in [0.25, 0.3) is 46.9 Å². The van der Waals surface area contributed by atoms with Crippen LogP contribution in [0.3, 0.4) is 0 Å². The van der Waals surface area contributed by atoms with Gasteiger partial charge in [-0.3, -0.25) is 64.5 Å². The first-order chi connectivity index (χ1) is 59.3. The molecule has 638 valence electrons. The van der Waals surface area contributed by atoms with Crippen LogP contribution in [-0.2, 0) is 49.3 Å². The van der Waals surface area contributed by atoms with Crippen LogP contribution in [0.4, 0.5) is 84.5 Å². The Labute approximate surface area is 707 Å². The lowest BCUT2D eigenvalue weighted by molar-refractivity contribution is -0.137. The molecule has 8 fully saturated rings. The second kappa shape index (κ2) is 34.7. The molecule has 0 spiro atoms. The van der Waals surface area contributed by atoms with Gasteiger partial charge in [-0.15, -0.1) is 0 Å². The minimum Gasteiger partial charge on any atom is -0.443 e. The van der Waals surface area contributed by atoms with Crippen LogP contribution in [0.15, 0.2) is 138 Å². The SMILES string of the molecule is CC(C)(C)OC(=O)N(CC1CC1)c1cc(Cl)nc2c(/C=C3\CC(=O)NC3=O)cnn12.Cc1cccc(Nc2cc(NCC3CC3)n3ncc(/C=C4\CC(=O)NC4=O)c3n2)c1.O=C1C/C(=C\c2cnn3c(NCC4CC4)cc(Nc4cc(F)cc(F)c4)nc23)C(=O)N1.O=C1C/C(=C\c2cnn3c(NCC4CC4)cc(Nc4cccc(C(F)(F)F)c4)nc23)C(=O)N1. The second-order valence-corrected chi connectivity index (χ2v) is 32.6. The van der Waals surface area contributed by atoms with Crippen molar-refractivity contribution in [1.29, 1.82) is 0 Å². The van der Waals surface area contributed by atoms with Gasteiger partial charge < -0.3 is 36.6 Å². The van der Waals surface area contributed by atoms with Crippen LogP contribution < -0.4 is 58.1 Å². The first kappa shape index (κ1) is 83.3. The number of imide groups is 4. The monoisotopic (exact) mass is 1710 g/mol. The number of alkyl halides is 3. The van der Waals surface area contributed by atoms with Gasteiger partial charge in [0, 0.05) is 118 Å². The van der Waals surface area contributed by atoms with Gasteiger partial charge in [-0.05, 0) is 175 Å². The van der Waals surface area contributed by atoms with Gasteiger partial charge in [0.25, 0.3) is 23.6 Å². The summed E-state index contributed by atoms with van der Waals surface area (Å²) in [5, 5.41) is 46.1. The number of nitrogens with one attached hydrogen (secondary N) is 10. The van der Waals surface area contributed by atoms with Crippen molar-refractivity contribution in [1.82, 2.24) is 79.7 Å². The van der Waals surface area contributed by atoms with E-state index in [1.807, 2.05) is 52.0 Å². The highest BCUT2D eigenvalue weighted by molar-refractivity contribution is 6.30. The number of hydrogen-bond donors (Lipinski definition) is 10. The molecule has 4 saturated heterocycles. The number of aromatic nitrogens is 12. The van der Waals surface area contributed by atoms with Crippen molar-refractivity contribution in [3.63, 3.8) is 0 Å². The number of fused-ring (bicyclic) bond motifs is 4. The van der Waals surface area contributed by atoms with Gasteiger partial charge in [0.1, 0.15) is 63.1 Å². The molecule has 0 bridgehead atoms. The summed E-state index contributed by atoms with van der Waals surface area (Å²) in [5.74, 6) is 1.62. The molecule has 10 N–H and O–H groups in total. The van der Waals surface area contributed by atoms with Crippen LogP contribution in [-0.4, -0.2) is 144 Å². The summed E-state index contributed by atoms with van der Waals surface area (Å²) >= 11 is 6.27. The maximum atomic E-state index is 13.6. The standard InChI is InChI=1S/C22H19F3N6O2.C22H22N6O2.C21H18F2N6O2.C20H22ClN5O4/c23-22(24,25)15-2-1-3-16(8-15)28-17-9-18(26-10-12-4-5-12)31-20(29-17)14(11-27-31)6-13-7-19(32)30-21(13)33;1-13-3-2-4-17(7-13)25-18-10-19(23-11-14-5-6-14)28-21(26-18)16(12-24-28)8-15-9-20(29)27-22(15)30;22-14-5-15(23)7-16(6-14)26-17-8-18(24-9-11-1-2-11)29-20(27-17)13(10-25-29)3-12-4-19(30)28-21(12)31;1-20(2,3)30-19(29)25(10-11-4-5-11)16-8-14(21)23-17-13(9-22-26(16)17)6-12-7-15(27)24-18(12)28/h1-3,6,8-9,11-12,26H,4-5,7,10H2,(H,28,29)(H,30,32,33);2-4,7-8,10,12,14,23H,5-6,9,11H2,1H3,(H,25,26)(H,27,29,30);3,5-8,10-11,24H,1-2,4,9H2,(H,26,27)(H,28,30,31);6,8-9,11H,4-5,7,10H2,1-3H3,(H,24,27,28)/b13-6+;15-8+;12-3+;12-6+. The van der Waals surface area contributed by atoms with E-state index in [-0.39, 0.29) is 71.7 Å². The predicted octanol–water partition coefficient (Wildman–Crippen LogP) is 12.7. The summed E-state index contributed by atoms with van der Waals surface area (Å²) in [7, 11) is 0. The molecule has 0 atom stereocenters. The van der Waals surface area contributed by atoms with Crippen molar-refractivity contribution < 1.29 is 69.8 Å². The third-order valence-electron chi connectivity index (χ3n) is 20.6. The molecule has 3 aromatic carbocycles. The van der Waals surface area contributed by atoms with Gasteiger partial charge in [0.05, 0.1) is 56.0 Å². The van der Waals surface area contributed by atoms with Gasteiger partial charge in [-0.2, -0.15) is 51.6 Å². The first-order valence-electron chi connectivity index (χ1n) is 40.0. The Balaban J connectivity index is 0.000000122. The zero-order chi connectivity index (χ0) is 87.0. The molecule has 4 aliphatic carbocycles. The Kier molecular flexibility index (Phi) is 23.3. The quantitative estimate of drug-likeness (QED) is 0.0130. The van der Waals surface area contributed by atoms with Gasteiger partial charge in [-0.1, -0.05) is 29.8 Å². The Morgan fingerprint density at radius 2 is 0.839 bits per heavy atom. The molecule has 9 amide bonds. The van der Waals surface area contributed by atoms with Crippen LogP contribution >= 0.6 is 11.6 Å². The number of ether oxygens (including phenoxy) is 1. The van der Waals surface area contributed by atoms with Crippen molar-refractivity contribution in [2.75, 3.05) is 63.0 Å². The number of nitrogens with zero attached hydrogens (tertiary/aromatic N) is 13. The summed E-state index contributed by atoms with van der Waals surface area (Å²) in [6.07, 6.45) is 16.9. The maximum Gasteiger partial charge on any atom is 0.416 e. The summed E-state index contributed by atoms with van der Waals surface area (Å²) in [5.41, 5.74) is 6.55. The average molecular weight is 1720 g/mol. The minimum atomic E-state index is -4.46. The van der Waals surface area contributed by atoms with Gasteiger partial charge in [0.15, 0.2) is 22.6 Å². The Morgan fingerprint density at radius 1 is 0.476 bits per heavy atom. The van der Waals surface area contributed by atoms with E-state index in [0.717, 1.165) is 93.4 Å². The molecule has 33 nitrogen and oxygen atoms in total. The Hall–Kier alpha value is -14.3. The van der Waals surface area contributed by atoms with Crippen LogP contribution in [0.2, 0.25) is 5.15 Å². The van der Waals surface area contributed by atoms with E-state index in [1.165, 1.54) is 58.9 Å². The summed E-state index contributed by atoms with van der Waals surface area (Å²) in [6.45, 7) is 10.3. The summed E-state index contributed by atoms with van der Waals surface area (Å²) in [6, 6.07) is 22.9. The molecule has 12 heterocycles. The van der Waals surface area contributed by atoms with E-state index in [2.05, 4.69) is 94.6 Å². The fourth-order valence-corrected chi connectivity index (χ4v) is 13.9. The van der Waals surface area contributed by atoms with Crippen LogP contribution in [0.1, 0.15) is 131 Å². The van der Waals surface area contributed by atoms with Gasteiger partial charge in [-0.25, -0.2) is 33.5 Å². The number of anilines is 10. The molecule has 0 unspecified atom stereocenters. The van der Waals surface area contributed by atoms with Crippen molar-refractivity contribution in [2.45, 2.75) is 117 Å². The van der Waals surface area contributed by atoms with Crippen molar-refractivity contribution >= 4 is 170 Å². The molecular formula is C85H81ClF5N23O10. The predicted molar refractivity (Wildman–Crippen MR) is 449 cm³/mol. The number of hydrogen-bond acceptors (Lipinski definition) is 24. The molecule has 4 saturated carbocycles. The largest absolute Gasteiger partial charge is 0.443 e. The summed E-state index contributed by atoms with van der Waals surface area (Å²) < 4.78 is 78.5. The van der Waals surface area contributed by atoms with Gasteiger partial charge >= 0.3 is 12.3 Å². The lowest BCUT2D eigenvalue weighted by Gasteiger charge is -2.27. The molecule has 124 heavy (non-hydrogen) atoms. The summed E-state index contributed by atoms with van der Waals surface area (Å²) in [4.78, 5) is 126. The molecule has 39 heteroatoms. The fraction of sp³-hybridized carbons (Fsp3) is 0.306. The highest BCUT2D eigenvalue weighted by atomic mass is 35.5. The van der Waals surface area contributed by atoms with E-state index < -0.39 is 52.8 Å². The Bertz CT molecular complexity index is 6300. The first-order valence-corrected chi connectivity index (χ1v) is 40.4. The number of benzene rings is 3. The zero-order valence-corrected chi connectivity index (χ0v) is 67.8. The molecule has 19 rings (SSSR count). The molecule has 8 aliphatic rings. The number of carbonyl (C=O) groups excluding carboxylic acids is 9.